The van der Waals surface area contributed by atoms with Gasteiger partial charge in [-0.25, -0.2) is 4.98 Å². The van der Waals surface area contributed by atoms with Crippen molar-refractivity contribution in [2.45, 2.75) is 6.61 Å². The van der Waals surface area contributed by atoms with E-state index in [0.717, 1.165) is 10.6 Å². The second-order valence-corrected chi connectivity index (χ2v) is 3.63. The van der Waals surface area contributed by atoms with Crippen molar-refractivity contribution in [3.05, 3.63) is 29.4 Å². The zero-order chi connectivity index (χ0) is 9.97. The summed E-state index contributed by atoms with van der Waals surface area (Å²) in [6.07, 6.45) is 1.68. The lowest BCUT2D eigenvalue weighted by atomic mass is 10.2. The van der Waals surface area contributed by atoms with E-state index in [1.54, 1.807) is 17.6 Å². The first-order valence-corrected chi connectivity index (χ1v) is 4.94. The van der Waals surface area contributed by atoms with E-state index in [0.29, 0.717) is 11.5 Å². The first-order valence-electron chi connectivity index (χ1n) is 4.07. The second kappa shape index (κ2) is 3.73. The molecule has 2 aromatic rings. The fourth-order valence-electron chi connectivity index (χ4n) is 1.06. The van der Waals surface area contributed by atoms with Crippen molar-refractivity contribution in [2.75, 3.05) is 5.73 Å². The van der Waals surface area contributed by atoms with Crippen LogP contribution in [0.1, 0.15) is 5.69 Å². The average molecular weight is 207 g/mol. The Bertz CT molecular complexity index is 424. The number of aliphatic hydroxyl groups is 1. The maximum absolute atomic E-state index is 8.81. The summed E-state index contributed by atoms with van der Waals surface area (Å²) < 4.78 is 0. The van der Waals surface area contributed by atoms with E-state index in [1.165, 1.54) is 11.3 Å². The number of aromatic nitrogens is 2. The Morgan fingerprint density at radius 1 is 1.43 bits per heavy atom. The molecule has 14 heavy (non-hydrogen) atoms. The van der Waals surface area contributed by atoms with Crippen LogP contribution in [0.5, 0.6) is 0 Å². The number of anilines is 1. The van der Waals surface area contributed by atoms with Gasteiger partial charge < -0.3 is 10.8 Å². The third kappa shape index (κ3) is 1.73. The van der Waals surface area contributed by atoms with Gasteiger partial charge in [-0.2, -0.15) is 0 Å². The molecule has 2 rings (SSSR count). The zero-order valence-corrected chi connectivity index (χ0v) is 8.16. The number of hydrogen-bond acceptors (Lipinski definition) is 5. The average Bonchev–Trinajstić information content (AvgIpc) is 2.65. The van der Waals surface area contributed by atoms with E-state index in [9.17, 15) is 0 Å². The van der Waals surface area contributed by atoms with Crippen LogP contribution in [0.2, 0.25) is 0 Å². The van der Waals surface area contributed by atoms with Gasteiger partial charge in [0.05, 0.1) is 12.3 Å². The van der Waals surface area contributed by atoms with E-state index < -0.39 is 0 Å². The molecule has 0 spiro atoms. The van der Waals surface area contributed by atoms with Gasteiger partial charge in [-0.1, -0.05) is 0 Å². The molecule has 0 saturated heterocycles. The zero-order valence-electron chi connectivity index (χ0n) is 7.34. The molecule has 2 heterocycles. The van der Waals surface area contributed by atoms with Crippen LogP contribution < -0.4 is 5.73 Å². The molecule has 0 unspecified atom stereocenters. The van der Waals surface area contributed by atoms with Gasteiger partial charge in [0.15, 0.2) is 0 Å². The van der Waals surface area contributed by atoms with Crippen molar-refractivity contribution in [1.82, 2.24) is 9.97 Å². The summed E-state index contributed by atoms with van der Waals surface area (Å²) >= 11 is 1.48. The second-order valence-electron chi connectivity index (χ2n) is 2.77. The molecule has 2 aromatic heterocycles. The maximum Gasteiger partial charge on any atom is 0.135 e. The Labute approximate surface area is 85.1 Å². The highest BCUT2D eigenvalue weighted by atomic mass is 32.1. The van der Waals surface area contributed by atoms with Crippen molar-refractivity contribution >= 4 is 17.2 Å². The molecule has 0 amide bonds. The van der Waals surface area contributed by atoms with Gasteiger partial charge in [0.25, 0.3) is 0 Å². The molecule has 0 aliphatic carbocycles. The molecule has 72 valence electrons. The molecule has 3 N–H and O–H groups in total. The number of nitrogens with two attached hydrogens (primary N) is 1. The van der Waals surface area contributed by atoms with E-state index in [2.05, 4.69) is 9.97 Å². The van der Waals surface area contributed by atoms with Crippen LogP contribution in [0.25, 0.3) is 10.6 Å². The molecule has 0 saturated carbocycles. The quantitative estimate of drug-likeness (QED) is 0.778. The topological polar surface area (TPSA) is 72.0 Å². The predicted octanol–water partition coefficient (Wildman–Crippen LogP) is 1.28. The summed E-state index contributed by atoms with van der Waals surface area (Å²) in [5.41, 5.74) is 7.08. The maximum atomic E-state index is 8.81. The summed E-state index contributed by atoms with van der Waals surface area (Å²) in [7, 11) is 0. The number of rotatable bonds is 2. The molecule has 0 aliphatic heterocycles. The van der Waals surface area contributed by atoms with Crippen LogP contribution in [-0.2, 0) is 6.61 Å². The van der Waals surface area contributed by atoms with Gasteiger partial charge in [-0.3, -0.25) is 4.98 Å². The Kier molecular flexibility index (Phi) is 2.43. The van der Waals surface area contributed by atoms with Gasteiger partial charge in [0.1, 0.15) is 10.8 Å². The largest absolute Gasteiger partial charge is 0.390 e. The lowest BCUT2D eigenvalue weighted by Crippen LogP contribution is -1.89. The molecule has 0 atom stereocenters. The van der Waals surface area contributed by atoms with Crippen LogP contribution in [0.15, 0.2) is 23.7 Å². The number of nitrogen functional groups attached to an aromatic ring is 1. The fourth-order valence-corrected chi connectivity index (χ4v) is 1.76. The van der Waals surface area contributed by atoms with Crippen LogP contribution in [0, 0.1) is 0 Å². The summed E-state index contributed by atoms with van der Waals surface area (Å²) in [6.45, 7) is -0.0414. The summed E-state index contributed by atoms with van der Waals surface area (Å²) in [5.74, 6) is 0.524. The number of nitrogens with zero attached hydrogens (tertiary/aromatic N) is 2. The molecule has 0 fully saturated rings. The standard InChI is InChI=1S/C9H9N3OS/c10-8-5-14-9(12-8)6-1-2-7(4-13)11-3-6/h1-3,5,13H,4,10H2. The Balaban J connectivity index is 2.33. The van der Waals surface area contributed by atoms with Crippen molar-refractivity contribution in [1.29, 1.82) is 0 Å². The molecule has 0 radical (unpaired) electrons. The third-order valence-electron chi connectivity index (χ3n) is 1.76. The molecular formula is C9H9N3OS. The van der Waals surface area contributed by atoms with Crippen molar-refractivity contribution in [2.24, 2.45) is 0 Å². The lowest BCUT2D eigenvalue weighted by molar-refractivity contribution is 0.277. The molecule has 4 nitrogen and oxygen atoms in total. The monoisotopic (exact) mass is 207 g/mol. The van der Waals surface area contributed by atoms with E-state index in [-0.39, 0.29) is 6.61 Å². The van der Waals surface area contributed by atoms with Crippen LogP contribution in [-0.4, -0.2) is 15.1 Å². The first-order chi connectivity index (χ1) is 6.79. The normalized spacial score (nSPS) is 10.4. The van der Waals surface area contributed by atoms with Gasteiger partial charge in [-0.15, -0.1) is 11.3 Å². The molecule has 5 heteroatoms. The lowest BCUT2D eigenvalue weighted by Gasteiger charge is -1.97. The number of aliphatic hydroxyl groups excluding tert-OH is 1. The first kappa shape index (κ1) is 9.11. The Hall–Kier alpha value is -1.46. The van der Waals surface area contributed by atoms with E-state index >= 15 is 0 Å². The van der Waals surface area contributed by atoms with Crippen molar-refractivity contribution < 1.29 is 5.11 Å². The van der Waals surface area contributed by atoms with E-state index in [1.807, 2.05) is 6.07 Å². The van der Waals surface area contributed by atoms with Crippen LogP contribution >= 0.6 is 11.3 Å². The molecule has 0 aliphatic rings. The highest BCUT2D eigenvalue weighted by molar-refractivity contribution is 7.13. The highest BCUT2D eigenvalue weighted by Crippen LogP contribution is 2.23. The predicted molar refractivity (Wildman–Crippen MR) is 55.7 cm³/mol. The van der Waals surface area contributed by atoms with Gasteiger partial charge >= 0.3 is 0 Å². The van der Waals surface area contributed by atoms with Crippen LogP contribution in [0.4, 0.5) is 5.82 Å². The fraction of sp³-hybridized carbons (Fsp3) is 0.111. The van der Waals surface area contributed by atoms with Gasteiger partial charge in [-0.05, 0) is 12.1 Å². The number of thiazole rings is 1. The minimum absolute atomic E-state index is 0.0414. The highest BCUT2D eigenvalue weighted by Gasteiger charge is 2.02. The minimum atomic E-state index is -0.0414. The van der Waals surface area contributed by atoms with Crippen molar-refractivity contribution in [3.8, 4) is 10.6 Å². The summed E-state index contributed by atoms with van der Waals surface area (Å²) in [6, 6.07) is 3.64. The molecule has 0 bridgehead atoms. The minimum Gasteiger partial charge on any atom is -0.390 e. The third-order valence-corrected chi connectivity index (χ3v) is 2.67. The van der Waals surface area contributed by atoms with Gasteiger partial charge in [0.2, 0.25) is 0 Å². The Morgan fingerprint density at radius 2 is 2.29 bits per heavy atom. The summed E-state index contributed by atoms with van der Waals surface area (Å²) in [5, 5.41) is 11.4. The van der Waals surface area contributed by atoms with E-state index in [4.69, 9.17) is 10.8 Å². The van der Waals surface area contributed by atoms with Gasteiger partial charge in [0, 0.05) is 17.1 Å². The SMILES string of the molecule is Nc1csc(-c2ccc(CO)nc2)n1. The summed E-state index contributed by atoms with van der Waals surface area (Å²) in [4.78, 5) is 8.19. The smallest absolute Gasteiger partial charge is 0.135 e. The van der Waals surface area contributed by atoms with Crippen LogP contribution in [0.3, 0.4) is 0 Å². The van der Waals surface area contributed by atoms with Crippen molar-refractivity contribution in [3.63, 3.8) is 0 Å². The number of pyridine rings is 1. The number of hydrogen-bond donors (Lipinski definition) is 2. The Morgan fingerprint density at radius 3 is 2.79 bits per heavy atom. The molecule has 0 aromatic carbocycles. The molecular weight excluding hydrogens is 198 g/mol.